The van der Waals surface area contributed by atoms with Crippen LogP contribution < -0.4 is 5.32 Å². The van der Waals surface area contributed by atoms with E-state index < -0.39 is 0 Å². The minimum Gasteiger partial charge on any atom is -0.506 e. The molecule has 3 N–H and O–H groups in total. The lowest BCUT2D eigenvalue weighted by Gasteiger charge is -2.37. The van der Waals surface area contributed by atoms with E-state index in [2.05, 4.69) is 34.2 Å². The zero-order valence-corrected chi connectivity index (χ0v) is 19.1. The maximum absolute atomic E-state index is 10.6. The van der Waals surface area contributed by atoms with Crippen LogP contribution in [0.5, 0.6) is 5.75 Å². The van der Waals surface area contributed by atoms with Gasteiger partial charge >= 0.3 is 0 Å². The van der Waals surface area contributed by atoms with Crippen molar-refractivity contribution in [3.05, 3.63) is 48.5 Å². The van der Waals surface area contributed by atoms with Crippen molar-refractivity contribution >= 4 is 11.6 Å². The van der Waals surface area contributed by atoms with Gasteiger partial charge in [-0.1, -0.05) is 56.2 Å². The molecule has 0 radical (unpaired) electrons. The van der Waals surface area contributed by atoms with Crippen LogP contribution >= 0.6 is 0 Å². The summed E-state index contributed by atoms with van der Waals surface area (Å²) in [5, 5.41) is 23.4. The lowest BCUT2D eigenvalue weighted by Crippen LogP contribution is -2.51. The van der Waals surface area contributed by atoms with Gasteiger partial charge in [-0.3, -0.25) is 4.90 Å². The van der Waals surface area contributed by atoms with Crippen molar-refractivity contribution < 1.29 is 10.2 Å². The van der Waals surface area contributed by atoms with Crippen LogP contribution in [0.25, 0.3) is 11.1 Å². The molecule has 0 bridgehead atoms. The molecule has 2 atom stereocenters. The van der Waals surface area contributed by atoms with Crippen LogP contribution in [0.4, 0.5) is 5.69 Å². The van der Waals surface area contributed by atoms with Crippen molar-refractivity contribution in [2.24, 2.45) is 10.9 Å². The van der Waals surface area contributed by atoms with Crippen LogP contribution in [-0.2, 0) is 0 Å². The highest BCUT2D eigenvalue weighted by Gasteiger charge is 2.25. The van der Waals surface area contributed by atoms with Gasteiger partial charge in [-0.2, -0.15) is 0 Å². The number of benzene rings is 2. The van der Waals surface area contributed by atoms with E-state index in [1.165, 1.54) is 19.3 Å². The number of aromatic hydroxyl groups is 1. The molecular formula is C26H36N4O2. The van der Waals surface area contributed by atoms with E-state index in [1.54, 1.807) is 6.07 Å². The molecule has 6 nitrogen and oxygen atoms in total. The van der Waals surface area contributed by atoms with Gasteiger partial charge in [0.25, 0.3) is 0 Å². The summed E-state index contributed by atoms with van der Waals surface area (Å²) in [7, 11) is 0. The molecule has 1 saturated heterocycles. The first-order valence-electron chi connectivity index (χ1n) is 12.0. The molecule has 2 aromatic carbocycles. The quantitative estimate of drug-likeness (QED) is 0.375. The molecule has 6 heteroatoms. The van der Waals surface area contributed by atoms with E-state index in [0.29, 0.717) is 24.2 Å². The van der Waals surface area contributed by atoms with Gasteiger partial charge in [0.15, 0.2) is 5.96 Å². The fourth-order valence-corrected chi connectivity index (χ4v) is 4.73. The molecule has 0 amide bonds. The number of phenols is 1. The molecule has 2 aliphatic rings. The summed E-state index contributed by atoms with van der Waals surface area (Å²) < 4.78 is 0. The second-order valence-corrected chi connectivity index (χ2v) is 9.06. The number of hydrogen-bond acceptors (Lipinski definition) is 4. The number of hydrogen-bond donors (Lipinski definition) is 3. The zero-order valence-electron chi connectivity index (χ0n) is 19.1. The lowest BCUT2D eigenvalue weighted by molar-refractivity contribution is 0.146. The Morgan fingerprint density at radius 3 is 2.47 bits per heavy atom. The first-order valence-corrected chi connectivity index (χ1v) is 12.0. The second kappa shape index (κ2) is 10.8. The number of phenolic OH excluding ortho intramolecular Hbond substituents is 1. The van der Waals surface area contributed by atoms with Gasteiger partial charge in [-0.05, 0) is 42.0 Å². The molecule has 1 aliphatic heterocycles. The highest BCUT2D eigenvalue weighted by atomic mass is 16.3. The Bertz CT molecular complexity index is 894. The van der Waals surface area contributed by atoms with E-state index in [0.717, 1.165) is 49.7 Å². The average molecular weight is 437 g/mol. The Balaban J connectivity index is 1.59. The zero-order chi connectivity index (χ0) is 22.3. The predicted molar refractivity (Wildman–Crippen MR) is 131 cm³/mol. The highest BCUT2D eigenvalue weighted by molar-refractivity contribution is 5.96. The average Bonchev–Trinajstić information content (AvgIpc) is 2.82. The Hall–Kier alpha value is -2.57. The van der Waals surface area contributed by atoms with Crippen molar-refractivity contribution in [3.63, 3.8) is 0 Å². The van der Waals surface area contributed by atoms with Crippen LogP contribution in [-0.4, -0.2) is 71.3 Å². The minimum atomic E-state index is 0.193. The van der Waals surface area contributed by atoms with Gasteiger partial charge in [-0.15, -0.1) is 0 Å². The van der Waals surface area contributed by atoms with E-state index >= 15 is 0 Å². The summed E-state index contributed by atoms with van der Waals surface area (Å²) in [6.07, 6.45) is 4.85. The van der Waals surface area contributed by atoms with Crippen LogP contribution in [0.2, 0.25) is 0 Å². The van der Waals surface area contributed by atoms with Crippen LogP contribution in [0, 0.1) is 5.92 Å². The molecular weight excluding hydrogens is 400 g/mol. The third kappa shape index (κ3) is 5.61. The first-order chi connectivity index (χ1) is 15.6. The molecule has 2 fully saturated rings. The number of piperazine rings is 1. The smallest absolute Gasteiger partial charge is 0.198 e. The summed E-state index contributed by atoms with van der Waals surface area (Å²) in [5.41, 5.74) is 2.86. The number of aliphatic hydroxyl groups is 1. The van der Waals surface area contributed by atoms with Crippen molar-refractivity contribution in [1.82, 2.24) is 9.80 Å². The molecule has 1 saturated carbocycles. The second-order valence-electron chi connectivity index (χ2n) is 9.06. The molecule has 0 spiro atoms. The monoisotopic (exact) mass is 436 g/mol. The van der Waals surface area contributed by atoms with Gasteiger partial charge in [0.05, 0.1) is 18.3 Å². The van der Waals surface area contributed by atoms with Crippen molar-refractivity contribution in [1.29, 1.82) is 0 Å². The highest BCUT2D eigenvalue weighted by Crippen LogP contribution is 2.31. The van der Waals surface area contributed by atoms with Gasteiger partial charge in [0.2, 0.25) is 0 Å². The van der Waals surface area contributed by atoms with Crippen molar-refractivity contribution in [2.75, 3.05) is 44.6 Å². The number of nitrogens with zero attached hydrogens (tertiary/aromatic N) is 3. The third-order valence-electron chi connectivity index (χ3n) is 6.79. The van der Waals surface area contributed by atoms with E-state index in [9.17, 15) is 10.2 Å². The fourth-order valence-electron chi connectivity index (χ4n) is 4.73. The summed E-state index contributed by atoms with van der Waals surface area (Å²) in [6.45, 7) is 6.72. The van der Waals surface area contributed by atoms with Gasteiger partial charge < -0.3 is 20.4 Å². The number of nitrogens with one attached hydrogen (secondary N) is 1. The Labute approximate surface area is 191 Å². The maximum Gasteiger partial charge on any atom is 0.198 e. The third-order valence-corrected chi connectivity index (χ3v) is 6.79. The molecule has 32 heavy (non-hydrogen) atoms. The topological polar surface area (TPSA) is 71.3 Å². The molecule has 1 heterocycles. The van der Waals surface area contributed by atoms with Crippen LogP contribution in [0.1, 0.15) is 32.6 Å². The standard InChI is InChI=1S/C26H36N4O2/c1-20-7-5-6-10-23(20)27-26(30-15-13-29(14-16-30)17-18-31)28-24-19-22(11-12-25(24)32)21-8-3-2-4-9-21/h2-4,8-9,11-12,19-20,23,31-32H,5-7,10,13-18H2,1H3,(H,27,28). The molecule has 4 rings (SSSR count). The largest absolute Gasteiger partial charge is 0.506 e. The molecule has 2 aromatic rings. The summed E-state index contributed by atoms with van der Waals surface area (Å²) in [4.78, 5) is 9.78. The SMILES string of the molecule is CC1CCCCC1N=C(Nc1cc(-c2ccccc2)ccc1O)N1CCN(CCO)CC1. The molecule has 1 aliphatic carbocycles. The fraction of sp³-hybridized carbons (Fsp3) is 0.500. The summed E-state index contributed by atoms with van der Waals surface area (Å²) in [6, 6.07) is 16.2. The number of aliphatic imine (C=N–C) groups is 1. The van der Waals surface area contributed by atoms with E-state index in [4.69, 9.17) is 4.99 Å². The summed E-state index contributed by atoms with van der Waals surface area (Å²) in [5.74, 6) is 1.65. The van der Waals surface area contributed by atoms with Gasteiger partial charge in [0.1, 0.15) is 5.75 Å². The Morgan fingerprint density at radius 1 is 1.00 bits per heavy atom. The molecule has 172 valence electrons. The predicted octanol–water partition coefficient (Wildman–Crippen LogP) is 4.02. The molecule has 2 unspecified atom stereocenters. The number of rotatable bonds is 5. The Kier molecular flexibility index (Phi) is 7.66. The number of aliphatic hydroxyl groups excluding tert-OH is 1. The van der Waals surface area contributed by atoms with Crippen molar-refractivity contribution in [2.45, 2.75) is 38.6 Å². The molecule has 0 aromatic heterocycles. The Morgan fingerprint density at radius 2 is 1.75 bits per heavy atom. The maximum atomic E-state index is 10.6. The number of anilines is 1. The van der Waals surface area contributed by atoms with E-state index in [1.807, 2.05) is 30.3 Å². The van der Waals surface area contributed by atoms with Gasteiger partial charge in [0, 0.05) is 32.7 Å². The van der Waals surface area contributed by atoms with Crippen LogP contribution in [0.15, 0.2) is 53.5 Å². The number of β-amino-alcohol motifs (C(OH)–C–C–N with tert-alkyl or cyclic N) is 1. The lowest BCUT2D eigenvalue weighted by atomic mass is 9.86. The number of guanidine groups is 1. The van der Waals surface area contributed by atoms with Crippen molar-refractivity contribution in [3.8, 4) is 16.9 Å². The minimum absolute atomic E-state index is 0.193. The van der Waals surface area contributed by atoms with Crippen LogP contribution in [0.3, 0.4) is 0 Å². The summed E-state index contributed by atoms with van der Waals surface area (Å²) >= 11 is 0. The van der Waals surface area contributed by atoms with E-state index in [-0.39, 0.29) is 12.4 Å². The first kappa shape index (κ1) is 22.6. The normalized spacial score (nSPS) is 22.7. The van der Waals surface area contributed by atoms with Gasteiger partial charge in [-0.25, -0.2) is 4.99 Å².